The van der Waals surface area contributed by atoms with E-state index < -0.39 is 0 Å². The van der Waals surface area contributed by atoms with Gasteiger partial charge in [-0.25, -0.2) is 0 Å². The number of nitrogens with zero attached hydrogens (tertiary/aromatic N) is 2. The van der Waals surface area contributed by atoms with E-state index in [-0.39, 0.29) is 5.91 Å². The van der Waals surface area contributed by atoms with Crippen LogP contribution < -0.4 is 16.0 Å². The minimum Gasteiger partial charge on any atom is -0.355 e. The van der Waals surface area contributed by atoms with E-state index in [2.05, 4.69) is 25.5 Å². The van der Waals surface area contributed by atoms with Crippen molar-refractivity contribution in [3.05, 3.63) is 59.9 Å². The van der Waals surface area contributed by atoms with Crippen molar-refractivity contribution >= 4 is 11.9 Å². The van der Waals surface area contributed by atoms with Gasteiger partial charge >= 0.3 is 0 Å². The quantitative estimate of drug-likeness (QED) is 0.554. The molecule has 1 aromatic heterocycles. The highest BCUT2D eigenvalue weighted by Gasteiger charge is 2.03. The summed E-state index contributed by atoms with van der Waals surface area (Å²) >= 11 is 0. The molecule has 122 valence electrons. The standard InChI is InChI=1S/C17H23N5O/c1-18-16(23)15-7-5-14(6-8-15)13-21-17(19-2)20-9-12-22-10-3-4-11-22/h3-8,10-11H,9,12-13H2,1-2H3,(H,18,23)(H2,19,20,21). The van der Waals surface area contributed by atoms with Gasteiger partial charge in [0.05, 0.1) is 0 Å². The molecule has 0 aliphatic heterocycles. The van der Waals surface area contributed by atoms with Crippen molar-refractivity contribution in [3.63, 3.8) is 0 Å². The third-order valence-corrected chi connectivity index (χ3v) is 3.46. The second-order valence-electron chi connectivity index (χ2n) is 5.05. The van der Waals surface area contributed by atoms with Gasteiger partial charge in [-0.1, -0.05) is 12.1 Å². The van der Waals surface area contributed by atoms with Crippen molar-refractivity contribution in [1.29, 1.82) is 0 Å². The monoisotopic (exact) mass is 313 g/mol. The first-order valence-electron chi connectivity index (χ1n) is 7.59. The zero-order chi connectivity index (χ0) is 16.5. The molecule has 6 nitrogen and oxygen atoms in total. The summed E-state index contributed by atoms with van der Waals surface area (Å²) < 4.78 is 2.11. The Bertz CT molecular complexity index is 632. The number of hydrogen-bond donors (Lipinski definition) is 3. The van der Waals surface area contributed by atoms with Crippen molar-refractivity contribution in [2.75, 3.05) is 20.6 Å². The summed E-state index contributed by atoms with van der Waals surface area (Å²) in [4.78, 5) is 15.7. The number of nitrogens with one attached hydrogen (secondary N) is 3. The number of rotatable bonds is 6. The molecule has 0 spiro atoms. The van der Waals surface area contributed by atoms with Gasteiger partial charge in [0.25, 0.3) is 5.91 Å². The predicted molar refractivity (Wildman–Crippen MR) is 92.5 cm³/mol. The van der Waals surface area contributed by atoms with Crippen LogP contribution in [0.1, 0.15) is 15.9 Å². The second kappa shape index (κ2) is 8.63. The molecule has 2 rings (SSSR count). The normalized spacial score (nSPS) is 11.1. The van der Waals surface area contributed by atoms with Crippen LogP contribution in [0.15, 0.2) is 53.8 Å². The number of amides is 1. The molecule has 3 N–H and O–H groups in total. The summed E-state index contributed by atoms with van der Waals surface area (Å²) in [6.07, 6.45) is 4.07. The summed E-state index contributed by atoms with van der Waals surface area (Å²) in [7, 11) is 3.38. The van der Waals surface area contributed by atoms with E-state index in [1.807, 2.05) is 48.8 Å². The van der Waals surface area contributed by atoms with Crippen LogP contribution in [0.4, 0.5) is 0 Å². The fraction of sp³-hybridized carbons (Fsp3) is 0.294. The van der Waals surface area contributed by atoms with Crippen LogP contribution in [0.3, 0.4) is 0 Å². The van der Waals surface area contributed by atoms with E-state index in [9.17, 15) is 4.79 Å². The molecule has 1 amide bonds. The van der Waals surface area contributed by atoms with Crippen LogP contribution in [-0.2, 0) is 13.1 Å². The number of guanidine groups is 1. The number of carbonyl (C=O) groups is 1. The molecular formula is C17H23N5O. The van der Waals surface area contributed by atoms with Gasteiger partial charge in [-0.05, 0) is 29.8 Å². The number of aromatic nitrogens is 1. The van der Waals surface area contributed by atoms with E-state index in [0.717, 1.165) is 24.6 Å². The lowest BCUT2D eigenvalue weighted by molar-refractivity contribution is 0.0963. The summed E-state index contributed by atoms with van der Waals surface area (Å²) in [5, 5.41) is 9.14. The van der Waals surface area contributed by atoms with Gasteiger partial charge in [0, 0.05) is 51.7 Å². The molecule has 1 aromatic carbocycles. The van der Waals surface area contributed by atoms with Gasteiger partial charge in [-0.15, -0.1) is 0 Å². The van der Waals surface area contributed by atoms with Gasteiger partial charge in [0.2, 0.25) is 0 Å². The molecule has 0 radical (unpaired) electrons. The zero-order valence-corrected chi connectivity index (χ0v) is 13.5. The maximum Gasteiger partial charge on any atom is 0.251 e. The van der Waals surface area contributed by atoms with Crippen molar-refractivity contribution < 1.29 is 4.79 Å². The topological polar surface area (TPSA) is 70.5 Å². The second-order valence-corrected chi connectivity index (χ2v) is 5.05. The Hall–Kier alpha value is -2.76. The van der Waals surface area contributed by atoms with Gasteiger partial charge in [0.1, 0.15) is 0 Å². The van der Waals surface area contributed by atoms with Crippen LogP contribution in [0.25, 0.3) is 0 Å². The first kappa shape index (κ1) is 16.6. The fourth-order valence-electron chi connectivity index (χ4n) is 2.15. The van der Waals surface area contributed by atoms with Crippen molar-refractivity contribution in [1.82, 2.24) is 20.5 Å². The molecule has 0 fully saturated rings. The van der Waals surface area contributed by atoms with E-state index >= 15 is 0 Å². The molecule has 0 bridgehead atoms. The third kappa shape index (κ3) is 5.18. The molecule has 23 heavy (non-hydrogen) atoms. The summed E-state index contributed by atoms with van der Waals surface area (Å²) in [6.45, 7) is 2.33. The molecule has 0 unspecified atom stereocenters. The van der Waals surface area contributed by atoms with Crippen molar-refractivity contribution in [2.45, 2.75) is 13.1 Å². The Morgan fingerprint density at radius 3 is 2.43 bits per heavy atom. The lowest BCUT2D eigenvalue weighted by Gasteiger charge is -2.12. The van der Waals surface area contributed by atoms with Crippen LogP contribution in [0, 0.1) is 0 Å². The van der Waals surface area contributed by atoms with Gasteiger partial charge < -0.3 is 20.5 Å². The maximum absolute atomic E-state index is 11.5. The highest BCUT2D eigenvalue weighted by atomic mass is 16.1. The minimum absolute atomic E-state index is 0.0769. The lowest BCUT2D eigenvalue weighted by Crippen LogP contribution is -2.38. The average Bonchev–Trinajstić information content (AvgIpc) is 3.11. The van der Waals surface area contributed by atoms with Crippen LogP contribution in [0.5, 0.6) is 0 Å². The molecular weight excluding hydrogens is 290 g/mol. The molecule has 0 atom stereocenters. The zero-order valence-electron chi connectivity index (χ0n) is 13.5. The Morgan fingerprint density at radius 1 is 1.13 bits per heavy atom. The van der Waals surface area contributed by atoms with E-state index in [1.165, 1.54) is 0 Å². The van der Waals surface area contributed by atoms with Gasteiger partial charge in [-0.2, -0.15) is 0 Å². The van der Waals surface area contributed by atoms with E-state index in [1.54, 1.807) is 14.1 Å². The smallest absolute Gasteiger partial charge is 0.251 e. The van der Waals surface area contributed by atoms with Crippen LogP contribution >= 0.6 is 0 Å². The molecule has 6 heteroatoms. The third-order valence-electron chi connectivity index (χ3n) is 3.46. The van der Waals surface area contributed by atoms with Gasteiger partial charge in [0.15, 0.2) is 5.96 Å². The van der Waals surface area contributed by atoms with E-state index in [0.29, 0.717) is 12.1 Å². The van der Waals surface area contributed by atoms with Crippen LogP contribution in [-0.4, -0.2) is 37.1 Å². The summed E-state index contributed by atoms with van der Waals surface area (Å²) in [5.74, 6) is 0.680. The Balaban J connectivity index is 1.77. The molecule has 0 aliphatic rings. The lowest BCUT2D eigenvalue weighted by atomic mass is 10.1. The van der Waals surface area contributed by atoms with Gasteiger partial charge in [-0.3, -0.25) is 9.79 Å². The highest BCUT2D eigenvalue weighted by Crippen LogP contribution is 2.04. The predicted octanol–water partition coefficient (Wildman–Crippen LogP) is 1.21. The first-order chi connectivity index (χ1) is 11.2. The molecule has 1 heterocycles. The number of aliphatic imine (C=N–C) groups is 1. The molecule has 0 aliphatic carbocycles. The summed E-state index contributed by atoms with van der Waals surface area (Å²) in [5.41, 5.74) is 1.75. The largest absolute Gasteiger partial charge is 0.355 e. The fourth-order valence-corrected chi connectivity index (χ4v) is 2.15. The Labute approximate surface area is 136 Å². The Morgan fingerprint density at radius 2 is 1.83 bits per heavy atom. The van der Waals surface area contributed by atoms with E-state index in [4.69, 9.17) is 0 Å². The highest BCUT2D eigenvalue weighted by molar-refractivity contribution is 5.93. The van der Waals surface area contributed by atoms with Crippen molar-refractivity contribution in [3.8, 4) is 0 Å². The minimum atomic E-state index is -0.0769. The average molecular weight is 313 g/mol. The molecule has 2 aromatic rings. The van der Waals surface area contributed by atoms with Crippen molar-refractivity contribution in [2.24, 2.45) is 4.99 Å². The molecule has 0 saturated carbocycles. The maximum atomic E-state index is 11.5. The summed E-state index contributed by atoms with van der Waals surface area (Å²) in [6, 6.07) is 11.5. The number of carbonyl (C=O) groups excluding carboxylic acids is 1. The Kier molecular flexibility index (Phi) is 6.23. The number of hydrogen-bond acceptors (Lipinski definition) is 2. The number of benzene rings is 1. The first-order valence-corrected chi connectivity index (χ1v) is 7.59. The SMILES string of the molecule is CN=C(NCCn1cccc1)NCc1ccc(C(=O)NC)cc1. The molecule has 0 saturated heterocycles. The van der Waals surface area contributed by atoms with Crippen LogP contribution in [0.2, 0.25) is 0 Å².